The second-order valence-electron chi connectivity index (χ2n) is 12.8. The molecule has 1 saturated carbocycles. The average molecular weight is 627 g/mol. The van der Waals surface area contributed by atoms with Gasteiger partial charge in [-0.3, -0.25) is 24.6 Å². The number of piperidine rings is 2. The molecule has 2 aromatic carbocycles. The number of benzene rings is 2. The maximum Gasteiger partial charge on any atom is 0.317 e. The van der Waals surface area contributed by atoms with E-state index >= 15 is 0 Å². The minimum absolute atomic E-state index is 0.0590. The molecule has 2 saturated heterocycles. The molecule has 1 atom stereocenters. The van der Waals surface area contributed by atoms with E-state index in [0.717, 1.165) is 81.3 Å². The van der Waals surface area contributed by atoms with Gasteiger partial charge in [-0.2, -0.15) is 0 Å². The minimum atomic E-state index is -0.427. The summed E-state index contributed by atoms with van der Waals surface area (Å²) >= 11 is 0. The largest absolute Gasteiger partial charge is 0.399 e. The first-order valence-electron chi connectivity index (χ1n) is 16.5. The molecule has 10 nitrogen and oxygen atoms in total. The Morgan fingerprint density at radius 2 is 1.74 bits per heavy atom. The number of likely N-dealkylation sites (N-methyl/N-ethyl adjacent to an activating group) is 1. The van der Waals surface area contributed by atoms with Gasteiger partial charge in [0.2, 0.25) is 11.8 Å². The SMILES string of the molecule is CN(Cc1c(C#CCCNC2CCC(NC(=O)N3CCC(c4ccc(N)cc4)CC3)CC2)cccc1C=O)C1CCC(=O)NC1=O. The summed E-state index contributed by atoms with van der Waals surface area (Å²) in [6.45, 7) is 2.69. The molecule has 244 valence electrons. The van der Waals surface area contributed by atoms with Crippen molar-refractivity contribution in [3.05, 3.63) is 64.7 Å². The number of rotatable bonds is 9. The second-order valence-corrected chi connectivity index (χ2v) is 12.8. The third-order valence-corrected chi connectivity index (χ3v) is 9.64. The third kappa shape index (κ3) is 8.74. The van der Waals surface area contributed by atoms with Crippen molar-refractivity contribution >= 4 is 29.8 Å². The van der Waals surface area contributed by atoms with Gasteiger partial charge in [0.15, 0.2) is 0 Å². The molecule has 3 aliphatic rings. The average Bonchev–Trinajstić information content (AvgIpc) is 3.06. The van der Waals surface area contributed by atoms with E-state index in [9.17, 15) is 19.2 Å². The fourth-order valence-corrected chi connectivity index (χ4v) is 6.86. The van der Waals surface area contributed by atoms with Crippen LogP contribution < -0.4 is 21.7 Å². The number of urea groups is 1. The Labute approximate surface area is 271 Å². The van der Waals surface area contributed by atoms with Crippen molar-refractivity contribution in [3.63, 3.8) is 0 Å². The number of nitrogens with two attached hydrogens (primary N) is 1. The molecule has 2 heterocycles. The van der Waals surface area contributed by atoms with E-state index < -0.39 is 6.04 Å². The highest BCUT2D eigenvalue weighted by Crippen LogP contribution is 2.29. The predicted molar refractivity (Wildman–Crippen MR) is 178 cm³/mol. The van der Waals surface area contributed by atoms with Gasteiger partial charge < -0.3 is 21.3 Å². The molecule has 0 spiro atoms. The normalized spacial score (nSPS) is 22.1. The zero-order chi connectivity index (χ0) is 32.5. The fourth-order valence-electron chi connectivity index (χ4n) is 6.86. The number of nitrogens with one attached hydrogen (secondary N) is 3. The predicted octanol–water partition coefficient (Wildman–Crippen LogP) is 3.55. The molecule has 5 N–H and O–H groups in total. The monoisotopic (exact) mass is 626 g/mol. The van der Waals surface area contributed by atoms with Crippen LogP contribution >= 0.6 is 0 Å². The van der Waals surface area contributed by atoms with Gasteiger partial charge >= 0.3 is 6.03 Å². The molecule has 5 rings (SSSR count). The number of anilines is 1. The van der Waals surface area contributed by atoms with Crippen LogP contribution in [0.2, 0.25) is 0 Å². The number of imide groups is 1. The Kier molecular flexibility index (Phi) is 11.4. The van der Waals surface area contributed by atoms with Gasteiger partial charge in [-0.1, -0.05) is 36.1 Å². The van der Waals surface area contributed by atoms with E-state index in [4.69, 9.17) is 5.73 Å². The van der Waals surface area contributed by atoms with E-state index in [1.165, 1.54) is 5.56 Å². The van der Waals surface area contributed by atoms with Gasteiger partial charge in [-0.15, -0.1) is 0 Å². The third-order valence-electron chi connectivity index (χ3n) is 9.64. The summed E-state index contributed by atoms with van der Waals surface area (Å²) in [6.07, 6.45) is 8.12. The first kappa shape index (κ1) is 33.2. The number of aldehydes is 1. The van der Waals surface area contributed by atoms with Crippen molar-refractivity contribution in [2.75, 3.05) is 32.4 Å². The molecule has 2 aromatic rings. The summed E-state index contributed by atoms with van der Waals surface area (Å²) in [7, 11) is 1.83. The summed E-state index contributed by atoms with van der Waals surface area (Å²) in [6, 6.07) is 13.8. The highest BCUT2D eigenvalue weighted by atomic mass is 16.2. The molecular weight excluding hydrogens is 580 g/mol. The Morgan fingerprint density at radius 3 is 2.43 bits per heavy atom. The molecule has 1 unspecified atom stereocenters. The van der Waals surface area contributed by atoms with Crippen molar-refractivity contribution in [3.8, 4) is 11.8 Å². The summed E-state index contributed by atoms with van der Waals surface area (Å²) in [5.74, 6) is 6.41. The summed E-state index contributed by atoms with van der Waals surface area (Å²) in [4.78, 5) is 52.5. The number of carbonyl (C=O) groups is 4. The molecule has 1 aliphatic carbocycles. The molecule has 4 amide bonds. The Balaban J connectivity index is 1.02. The van der Waals surface area contributed by atoms with Crippen molar-refractivity contribution in [1.29, 1.82) is 0 Å². The molecule has 10 heteroatoms. The smallest absolute Gasteiger partial charge is 0.317 e. The van der Waals surface area contributed by atoms with E-state index in [1.54, 1.807) is 6.07 Å². The van der Waals surface area contributed by atoms with Crippen LogP contribution in [0.3, 0.4) is 0 Å². The van der Waals surface area contributed by atoms with Crippen LogP contribution in [-0.2, 0) is 16.1 Å². The zero-order valence-corrected chi connectivity index (χ0v) is 26.7. The summed E-state index contributed by atoms with van der Waals surface area (Å²) < 4.78 is 0. The number of nitrogen functional groups attached to an aromatic ring is 1. The topological polar surface area (TPSA) is 137 Å². The number of amides is 4. The Hall–Kier alpha value is -4.20. The van der Waals surface area contributed by atoms with Gasteiger partial charge in [0.1, 0.15) is 6.29 Å². The standard InChI is InChI=1S/C36H46N6O4/c1-41(33-16-17-34(44)40-35(33)45)23-32-27(6-4-7-28(32)24-43)5-2-3-20-38-30-12-14-31(15-13-30)39-36(46)42-21-18-26(19-22-42)25-8-10-29(37)11-9-25/h4,6-11,24,26,30-31,33,38H,3,12-23,37H2,1H3,(H,39,46)(H,40,44,45). The molecule has 0 aromatic heterocycles. The lowest BCUT2D eigenvalue weighted by Crippen LogP contribution is -2.51. The highest BCUT2D eigenvalue weighted by molar-refractivity contribution is 6.00. The van der Waals surface area contributed by atoms with Crippen molar-refractivity contribution in [2.45, 2.75) is 88.4 Å². The lowest BCUT2D eigenvalue weighted by Gasteiger charge is -2.35. The summed E-state index contributed by atoms with van der Waals surface area (Å²) in [5.41, 5.74) is 10.0. The first-order chi connectivity index (χ1) is 22.3. The lowest BCUT2D eigenvalue weighted by atomic mass is 9.89. The number of likely N-dealkylation sites (tertiary alicyclic amines) is 1. The van der Waals surface area contributed by atoms with E-state index in [1.807, 2.05) is 41.1 Å². The molecule has 3 fully saturated rings. The fraction of sp³-hybridized carbons (Fsp3) is 0.500. The van der Waals surface area contributed by atoms with Gasteiger partial charge in [0.25, 0.3) is 0 Å². The lowest BCUT2D eigenvalue weighted by molar-refractivity contribution is -0.137. The van der Waals surface area contributed by atoms with Gasteiger partial charge in [0, 0.05) is 67.9 Å². The minimum Gasteiger partial charge on any atom is -0.399 e. The van der Waals surface area contributed by atoms with Crippen LogP contribution in [0.1, 0.15) is 90.8 Å². The van der Waals surface area contributed by atoms with Crippen LogP contribution in [0, 0.1) is 11.8 Å². The number of nitrogens with zero attached hydrogens (tertiary/aromatic N) is 2. The quantitative estimate of drug-likeness (QED) is 0.110. The number of hydrogen-bond donors (Lipinski definition) is 4. The van der Waals surface area contributed by atoms with Crippen LogP contribution in [0.4, 0.5) is 10.5 Å². The van der Waals surface area contributed by atoms with Crippen molar-refractivity contribution in [2.24, 2.45) is 0 Å². The van der Waals surface area contributed by atoms with Crippen LogP contribution in [-0.4, -0.2) is 78.7 Å². The van der Waals surface area contributed by atoms with E-state index in [-0.39, 0.29) is 23.9 Å². The molecular formula is C36H46N6O4. The van der Waals surface area contributed by atoms with Crippen LogP contribution in [0.25, 0.3) is 0 Å². The number of carbonyl (C=O) groups excluding carboxylic acids is 4. The molecule has 2 aliphatic heterocycles. The van der Waals surface area contributed by atoms with Crippen molar-refractivity contribution in [1.82, 2.24) is 25.8 Å². The molecule has 0 radical (unpaired) electrons. The maximum atomic E-state index is 12.9. The Morgan fingerprint density at radius 1 is 1.02 bits per heavy atom. The van der Waals surface area contributed by atoms with Gasteiger partial charge in [-0.25, -0.2) is 4.79 Å². The Bertz CT molecular complexity index is 1450. The van der Waals surface area contributed by atoms with E-state index in [2.05, 4.69) is 39.9 Å². The molecule has 46 heavy (non-hydrogen) atoms. The summed E-state index contributed by atoms with van der Waals surface area (Å²) in [5, 5.41) is 9.29. The van der Waals surface area contributed by atoms with Gasteiger partial charge in [0.05, 0.1) is 6.04 Å². The maximum absolute atomic E-state index is 12.9. The van der Waals surface area contributed by atoms with Crippen molar-refractivity contribution < 1.29 is 19.2 Å². The van der Waals surface area contributed by atoms with Crippen LogP contribution in [0.15, 0.2) is 42.5 Å². The first-order valence-corrected chi connectivity index (χ1v) is 16.5. The highest BCUT2D eigenvalue weighted by Gasteiger charge is 2.30. The van der Waals surface area contributed by atoms with E-state index in [0.29, 0.717) is 43.3 Å². The molecule has 0 bridgehead atoms. The van der Waals surface area contributed by atoms with Gasteiger partial charge in [-0.05, 0) is 87.2 Å². The second kappa shape index (κ2) is 15.9. The zero-order valence-electron chi connectivity index (χ0n) is 26.7. The van der Waals surface area contributed by atoms with Crippen LogP contribution in [0.5, 0.6) is 0 Å². The number of hydrogen-bond acceptors (Lipinski definition) is 7.